The number of benzene rings is 1. The summed E-state index contributed by atoms with van der Waals surface area (Å²) in [4.78, 5) is 6.37. The smallest absolute Gasteiger partial charge is 0.406 e. The molecule has 136 valence electrons. The molecule has 9 heteroatoms. The van der Waals surface area contributed by atoms with Crippen LogP contribution >= 0.6 is 0 Å². The first-order valence-corrected chi connectivity index (χ1v) is 8.03. The molecule has 6 nitrogen and oxygen atoms in total. The number of rotatable bonds is 3. The molecule has 1 fully saturated rings. The zero-order valence-corrected chi connectivity index (χ0v) is 13.6. The van der Waals surface area contributed by atoms with Gasteiger partial charge in [0.05, 0.1) is 25.1 Å². The summed E-state index contributed by atoms with van der Waals surface area (Å²) in [5, 5.41) is 4.60. The average Bonchev–Trinajstić information content (AvgIpc) is 3.04. The van der Waals surface area contributed by atoms with E-state index in [0.717, 1.165) is 18.9 Å². The molecule has 0 atom stereocenters. The maximum absolute atomic E-state index is 12.5. The van der Waals surface area contributed by atoms with Crippen LogP contribution in [0.2, 0.25) is 0 Å². The molecule has 0 spiro atoms. The van der Waals surface area contributed by atoms with Crippen molar-refractivity contribution in [2.24, 2.45) is 0 Å². The first-order valence-electron chi connectivity index (χ1n) is 8.03. The lowest BCUT2D eigenvalue weighted by atomic mass is 10.1. The monoisotopic (exact) mass is 364 g/mol. The van der Waals surface area contributed by atoms with Gasteiger partial charge in [-0.2, -0.15) is 0 Å². The Morgan fingerprint density at radius 2 is 1.88 bits per heavy atom. The molecule has 0 N–H and O–H groups in total. The topological polar surface area (TPSA) is 51.9 Å². The van der Waals surface area contributed by atoms with Crippen LogP contribution in [0.5, 0.6) is 5.75 Å². The summed E-state index contributed by atoms with van der Waals surface area (Å²) in [5.41, 5.74) is 1.73. The highest BCUT2D eigenvalue weighted by Gasteiger charge is 2.31. The predicted molar refractivity (Wildman–Crippen MR) is 88.1 cm³/mol. The molecule has 3 aromatic rings. The third-order valence-electron chi connectivity index (χ3n) is 4.05. The largest absolute Gasteiger partial charge is 0.573 e. The van der Waals surface area contributed by atoms with Crippen LogP contribution in [-0.2, 0) is 4.74 Å². The van der Waals surface area contributed by atoms with E-state index in [0.29, 0.717) is 30.1 Å². The number of nitrogens with zero attached hydrogens (tertiary/aromatic N) is 4. The number of fused-ring (bicyclic) bond motifs is 1. The van der Waals surface area contributed by atoms with Gasteiger partial charge >= 0.3 is 6.36 Å². The second kappa shape index (κ2) is 6.49. The lowest BCUT2D eigenvalue weighted by Crippen LogP contribution is -2.37. The second-order valence-electron chi connectivity index (χ2n) is 5.78. The van der Waals surface area contributed by atoms with Crippen LogP contribution in [0.25, 0.3) is 16.9 Å². The summed E-state index contributed by atoms with van der Waals surface area (Å²) in [6.45, 7) is 2.73. The van der Waals surface area contributed by atoms with Gasteiger partial charge in [-0.25, -0.2) is 9.50 Å². The summed E-state index contributed by atoms with van der Waals surface area (Å²) in [6.07, 6.45) is -3.15. The minimum absolute atomic E-state index is 0.283. The van der Waals surface area contributed by atoms with Gasteiger partial charge in [0.2, 0.25) is 0 Å². The lowest BCUT2D eigenvalue weighted by Gasteiger charge is -2.27. The van der Waals surface area contributed by atoms with Crippen LogP contribution in [0.1, 0.15) is 0 Å². The van der Waals surface area contributed by atoms with Gasteiger partial charge in [0, 0.05) is 18.7 Å². The number of hydrogen-bond acceptors (Lipinski definition) is 5. The van der Waals surface area contributed by atoms with E-state index in [2.05, 4.69) is 19.7 Å². The van der Waals surface area contributed by atoms with Crippen molar-refractivity contribution >= 4 is 11.5 Å². The van der Waals surface area contributed by atoms with Crippen LogP contribution in [0, 0.1) is 0 Å². The molecule has 0 amide bonds. The number of ether oxygens (including phenoxy) is 2. The molecule has 1 saturated heterocycles. The molecule has 1 aromatic carbocycles. The van der Waals surface area contributed by atoms with Crippen LogP contribution in [0.3, 0.4) is 0 Å². The van der Waals surface area contributed by atoms with Crippen molar-refractivity contribution in [1.82, 2.24) is 14.6 Å². The van der Waals surface area contributed by atoms with Crippen LogP contribution in [0.4, 0.5) is 19.0 Å². The van der Waals surface area contributed by atoms with E-state index in [4.69, 9.17) is 4.74 Å². The van der Waals surface area contributed by atoms with Crippen molar-refractivity contribution < 1.29 is 22.6 Å². The van der Waals surface area contributed by atoms with Gasteiger partial charge in [0.15, 0.2) is 5.65 Å². The van der Waals surface area contributed by atoms with Crippen LogP contribution in [-0.4, -0.2) is 47.3 Å². The van der Waals surface area contributed by atoms with E-state index < -0.39 is 6.36 Å². The first kappa shape index (κ1) is 16.6. The minimum atomic E-state index is -4.74. The Morgan fingerprint density at radius 3 is 2.65 bits per heavy atom. The van der Waals surface area contributed by atoms with Crippen molar-refractivity contribution in [3.63, 3.8) is 0 Å². The Labute approximate surface area is 146 Å². The molecule has 26 heavy (non-hydrogen) atoms. The minimum Gasteiger partial charge on any atom is -0.406 e. The molecule has 0 saturated carbocycles. The molecule has 4 rings (SSSR count). The Kier molecular flexibility index (Phi) is 4.15. The highest BCUT2D eigenvalue weighted by atomic mass is 19.4. The summed E-state index contributed by atoms with van der Waals surface area (Å²) in [5.74, 6) is 0.483. The molecule has 2 aromatic heterocycles. The fourth-order valence-corrected chi connectivity index (χ4v) is 2.87. The molecule has 0 radical (unpaired) electrons. The van der Waals surface area contributed by atoms with E-state index in [-0.39, 0.29) is 5.75 Å². The standard InChI is InChI=1S/C17H15F3N4O2/c18-17(19,20)26-13-3-1-2-12(10-13)14-11-21-15-4-5-16(22-24(14)15)23-6-8-25-9-7-23/h1-5,10-11H,6-9H2. The molecule has 0 aliphatic carbocycles. The third-order valence-corrected chi connectivity index (χ3v) is 4.05. The number of anilines is 1. The number of hydrogen-bond donors (Lipinski definition) is 0. The van der Waals surface area contributed by atoms with Crippen molar-refractivity contribution in [2.45, 2.75) is 6.36 Å². The highest BCUT2D eigenvalue weighted by Crippen LogP contribution is 2.28. The Bertz CT molecular complexity index is 920. The molecule has 1 aliphatic heterocycles. The molecular weight excluding hydrogens is 349 g/mol. The van der Waals surface area contributed by atoms with E-state index in [1.807, 2.05) is 12.1 Å². The van der Waals surface area contributed by atoms with Crippen molar-refractivity contribution in [3.8, 4) is 17.0 Å². The summed E-state index contributed by atoms with van der Waals surface area (Å²) in [7, 11) is 0. The first-order chi connectivity index (χ1) is 12.5. The van der Waals surface area contributed by atoms with E-state index in [1.54, 1.807) is 16.8 Å². The van der Waals surface area contributed by atoms with Crippen molar-refractivity contribution in [3.05, 3.63) is 42.6 Å². The zero-order chi connectivity index (χ0) is 18.1. The van der Waals surface area contributed by atoms with E-state index >= 15 is 0 Å². The average molecular weight is 364 g/mol. The summed E-state index contributed by atoms with van der Waals surface area (Å²) >= 11 is 0. The molecule has 0 unspecified atom stereocenters. The second-order valence-corrected chi connectivity index (χ2v) is 5.78. The molecule has 0 bridgehead atoms. The van der Waals surface area contributed by atoms with Gasteiger partial charge in [0.1, 0.15) is 11.6 Å². The number of imidazole rings is 1. The van der Waals surface area contributed by atoms with Crippen LogP contribution < -0.4 is 9.64 Å². The molecular formula is C17H15F3N4O2. The Balaban J connectivity index is 1.71. The van der Waals surface area contributed by atoms with Crippen molar-refractivity contribution in [1.29, 1.82) is 0 Å². The maximum atomic E-state index is 12.5. The molecule has 3 heterocycles. The normalized spacial score (nSPS) is 15.4. The molecule has 1 aliphatic rings. The lowest BCUT2D eigenvalue weighted by molar-refractivity contribution is -0.274. The summed E-state index contributed by atoms with van der Waals surface area (Å²) < 4.78 is 48.3. The summed E-state index contributed by atoms with van der Waals surface area (Å²) in [6, 6.07) is 9.47. The number of alkyl halides is 3. The van der Waals surface area contributed by atoms with Gasteiger partial charge in [-0.1, -0.05) is 12.1 Å². The predicted octanol–water partition coefficient (Wildman–Crippen LogP) is 3.13. The highest BCUT2D eigenvalue weighted by molar-refractivity contribution is 5.65. The van der Waals surface area contributed by atoms with Crippen LogP contribution in [0.15, 0.2) is 42.6 Å². The Morgan fingerprint density at radius 1 is 1.08 bits per heavy atom. The van der Waals surface area contributed by atoms with Gasteiger partial charge in [-0.05, 0) is 24.3 Å². The fraction of sp³-hybridized carbons (Fsp3) is 0.294. The van der Waals surface area contributed by atoms with Gasteiger partial charge < -0.3 is 14.4 Å². The SMILES string of the molecule is FC(F)(F)Oc1cccc(-c2cnc3ccc(N4CCOCC4)nn23)c1. The van der Waals surface area contributed by atoms with Gasteiger partial charge in [-0.3, -0.25) is 0 Å². The number of morpholine rings is 1. The number of aromatic nitrogens is 3. The van der Waals surface area contributed by atoms with E-state index in [1.165, 1.54) is 18.2 Å². The zero-order valence-electron chi connectivity index (χ0n) is 13.6. The quantitative estimate of drug-likeness (QED) is 0.715. The fourth-order valence-electron chi connectivity index (χ4n) is 2.87. The van der Waals surface area contributed by atoms with Gasteiger partial charge in [-0.15, -0.1) is 18.3 Å². The third kappa shape index (κ3) is 3.43. The number of halogens is 3. The van der Waals surface area contributed by atoms with Crippen molar-refractivity contribution in [2.75, 3.05) is 31.2 Å². The van der Waals surface area contributed by atoms with E-state index in [9.17, 15) is 13.2 Å². The Hall–Kier alpha value is -2.81. The van der Waals surface area contributed by atoms with Gasteiger partial charge in [0.25, 0.3) is 0 Å². The maximum Gasteiger partial charge on any atom is 0.573 e.